The lowest BCUT2D eigenvalue weighted by atomic mass is 10.0. The average molecular weight is 230 g/mol. The van der Waals surface area contributed by atoms with Gasteiger partial charge >= 0.3 is 0 Å². The highest BCUT2D eigenvalue weighted by Crippen LogP contribution is 2.28. The molecule has 0 aliphatic heterocycles. The minimum atomic E-state index is 0.750. The Bertz CT molecular complexity index is 517. The highest BCUT2D eigenvalue weighted by molar-refractivity contribution is 7.80. The van der Waals surface area contributed by atoms with Gasteiger partial charge in [0.25, 0.3) is 0 Å². The molecule has 0 heterocycles. The van der Waals surface area contributed by atoms with Gasteiger partial charge in [0.15, 0.2) is 0 Å². The molecule has 0 N–H and O–H groups in total. The van der Waals surface area contributed by atoms with Gasteiger partial charge in [-0.25, -0.2) is 0 Å². The van der Waals surface area contributed by atoms with E-state index >= 15 is 0 Å². The van der Waals surface area contributed by atoms with Gasteiger partial charge in [-0.05, 0) is 17.0 Å². The van der Waals surface area contributed by atoms with Gasteiger partial charge in [0.1, 0.15) is 5.75 Å². The molecular weight excluding hydrogens is 216 g/mol. The standard InChI is InChI=1S/C14H14OS/c1-15-14-9-8-11(5-4-10-16)12-6-2-3-7-13(12)14/h2-9,16H,10H2,1H3/b5-4+. The molecule has 2 aromatic rings. The number of benzene rings is 2. The lowest BCUT2D eigenvalue weighted by Crippen LogP contribution is -1.86. The zero-order valence-corrected chi connectivity index (χ0v) is 10.1. The fraction of sp³-hybridized carbons (Fsp3) is 0.143. The Labute approximate surface area is 101 Å². The minimum absolute atomic E-state index is 0.750. The summed E-state index contributed by atoms with van der Waals surface area (Å²) in [5.74, 6) is 1.67. The molecule has 0 amide bonds. The molecule has 82 valence electrons. The third-order valence-corrected chi connectivity index (χ3v) is 2.75. The van der Waals surface area contributed by atoms with E-state index in [1.165, 1.54) is 10.9 Å². The van der Waals surface area contributed by atoms with Crippen LogP contribution in [0.3, 0.4) is 0 Å². The van der Waals surface area contributed by atoms with Gasteiger partial charge in [0, 0.05) is 11.1 Å². The van der Waals surface area contributed by atoms with Crippen molar-refractivity contribution in [3.8, 4) is 5.75 Å². The first-order valence-corrected chi connectivity index (χ1v) is 5.83. The van der Waals surface area contributed by atoms with E-state index in [9.17, 15) is 0 Å². The molecule has 2 heteroatoms. The Morgan fingerprint density at radius 2 is 1.88 bits per heavy atom. The van der Waals surface area contributed by atoms with Crippen molar-refractivity contribution in [3.63, 3.8) is 0 Å². The SMILES string of the molecule is COc1ccc(/C=C/CS)c2ccccc12. The number of hydrogen-bond acceptors (Lipinski definition) is 2. The fourth-order valence-electron chi connectivity index (χ4n) is 1.80. The number of fused-ring (bicyclic) bond motifs is 1. The summed E-state index contributed by atoms with van der Waals surface area (Å²) in [5, 5.41) is 2.35. The molecule has 1 nitrogen and oxygen atoms in total. The number of methoxy groups -OCH3 is 1. The smallest absolute Gasteiger partial charge is 0.126 e. The van der Waals surface area contributed by atoms with Crippen LogP contribution in [0.2, 0.25) is 0 Å². The van der Waals surface area contributed by atoms with Crippen LogP contribution in [0.5, 0.6) is 5.75 Å². The van der Waals surface area contributed by atoms with Crippen molar-refractivity contribution in [1.82, 2.24) is 0 Å². The molecule has 2 aromatic carbocycles. The summed E-state index contributed by atoms with van der Waals surface area (Å²) >= 11 is 4.17. The Kier molecular flexibility index (Phi) is 3.52. The van der Waals surface area contributed by atoms with E-state index in [0.717, 1.165) is 16.9 Å². The second kappa shape index (κ2) is 5.08. The third kappa shape index (κ3) is 2.07. The van der Waals surface area contributed by atoms with Crippen LogP contribution in [0.25, 0.3) is 16.8 Å². The Morgan fingerprint density at radius 1 is 1.12 bits per heavy atom. The van der Waals surface area contributed by atoms with Crippen molar-refractivity contribution < 1.29 is 4.74 Å². The van der Waals surface area contributed by atoms with Gasteiger partial charge in [-0.1, -0.05) is 42.5 Å². The predicted octanol–water partition coefficient (Wildman–Crippen LogP) is 3.79. The molecule has 0 fully saturated rings. The quantitative estimate of drug-likeness (QED) is 0.789. The van der Waals surface area contributed by atoms with Crippen molar-refractivity contribution in [2.24, 2.45) is 0 Å². The van der Waals surface area contributed by atoms with Crippen LogP contribution in [0.1, 0.15) is 5.56 Å². The summed E-state index contributed by atoms with van der Waals surface area (Å²) in [6.45, 7) is 0. The highest BCUT2D eigenvalue weighted by atomic mass is 32.1. The van der Waals surface area contributed by atoms with Crippen molar-refractivity contribution in [1.29, 1.82) is 0 Å². The average Bonchev–Trinajstić information content (AvgIpc) is 2.36. The fourth-order valence-corrected chi connectivity index (χ4v) is 1.90. The minimum Gasteiger partial charge on any atom is -0.496 e. The van der Waals surface area contributed by atoms with Gasteiger partial charge in [-0.3, -0.25) is 0 Å². The zero-order valence-electron chi connectivity index (χ0n) is 9.18. The molecule has 0 radical (unpaired) electrons. The maximum absolute atomic E-state index is 5.35. The second-order valence-corrected chi connectivity index (χ2v) is 3.85. The topological polar surface area (TPSA) is 9.23 Å². The second-order valence-electron chi connectivity index (χ2n) is 3.49. The van der Waals surface area contributed by atoms with Crippen molar-refractivity contribution in [3.05, 3.63) is 48.0 Å². The first-order chi connectivity index (χ1) is 7.86. The molecule has 2 rings (SSSR count). The molecular formula is C14H14OS. The summed E-state index contributed by atoms with van der Waals surface area (Å²) in [6, 6.07) is 12.3. The van der Waals surface area contributed by atoms with E-state index < -0.39 is 0 Å². The number of thiol groups is 1. The summed E-state index contributed by atoms with van der Waals surface area (Å²) in [7, 11) is 1.70. The van der Waals surface area contributed by atoms with Crippen molar-refractivity contribution in [2.75, 3.05) is 12.9 Å². The largest absolute Gasteiger partial charge is 0.496 e. The Morgan fingerprint density at radius 3 is 2.56 bits per heavy atom. The zero-order chi connectivity index (χ0) is 11.4. The first-order valence-electron chi connectivity index (χ1n) is 5.20. The normalized spacial score (nSPS) is 11.1. The van der Waals surface area contributed by atoms with Gasteiger partial charge < -0.3 is 4.74 Å². The molecule has 0 aromatic heterocycles. The molecule has 0 unspecified atom stereocenters. The van der Waals surface area contributed by atoms with E-state index in [0.29, 0.717) is 0 Å². The predicted molar refractivity (Wildman–Crippen MR) is 73.4 cm³/mol. The van der Waals surface area contributed by atoms with Crippen molar-refractivity contribution >= 4 is 29.5 Å². The monoisotopic (exact) mass is 230 g/mol. The molecule has 0 bridgehead atoms. The maximum atomic E-state index is 5.35. The lowest BCUT2D eigenvalue weighted by molar-refractivity contribution is 0.420. The third-order valence-electron chi connectivity index (χ3n) is 2.54. The maximum Gasteiger partial charge on any atom is 0.126 e. The van der Waals surface area contributed by atoms with Gasteiger partial charge in [0.2, 0.25) is 0 Å². The summed E-state index contributed by atoms with van der Waals surface area (Å²) in [5.41, 5.74) is 1.20. The molecule has 0 saturated heterocycles. The van der Waals surface area contributed by atoms with E-state index in [-0.39, 0.29) is 0 Å². The number of hydrogen-bond donors (Lipinski definition) is 1. The van der Waals surface area contributed by atoms with Crippen LogP contribution in [-0.2, 0) is 0 Å². The summed E-state index contributed by atoms with van der Waals surface area (Å²) in [4.78, 5) is 0. The van der Waals surface area contributed by atoms with Crippen LogP contribution in [-0.4, -0.2) is 12.9 Å². The first kappa shape index (κ1) is 11.1. The van der Waals surface area contributed by atoms with Crippen LogP contribution in [0, 0.1) is 0 Å². The van der Waals surface area contributed by atoms with Crippen molar-refractivity contribution in [2.45, 2.75) is 0 Å². The van der Waals surface area contributed by atoms with Gasteiger partial charge in [-0.15, -0.1) is 0 Å². The van der Waals surface area contributed by atoms with E-state index in [2.05, 4.69) is 36.9 Å². The summed E-state index contributed by atoms with van der Waals surface area (Å²) < 4.78 is 5.35. The van der Waals surface area contributed by atoms with Crippen LogP contribution < -0.4 is 4.74 Å². The van der Waals surface area contributed by atoms with Crippen LogP contribution in [0.15, 0.2) is 42.5 Å². The molecule has 16 heavy (non-hydrogen) atoms. The Balaban J connectivity index is 2.64. The molecule has 0 saturated carbocycles. The van der Waals surface area contributed by atoms with E-state index in [4.69, 9.17) is 4.74 Å². The Hall–Kier alpha value is -1.41. The van der Waals surface area contributed by atoms with Crippen LogP contribution >= 0.6 is 12.6 Å². The molecule has 0 aliphatic carbocycles. The molecule has 0 atom stereocenters. The number of ether oxygens (including phenoxy) is 1. The number of rotatable bonds is 3. The van der Waals surface area contributed by atoms with E-state index in [1.54, 1.807) is 7.11 Å². The van der Waals surface area contributed by atoms with Crippen LogP contribution in [0.4, 0.5) is 0 Å². The van der Waals surface area contributed by atoms with Gasteiger partial charge in [0.05, 0.1) is 7.11 Å². The molecule has 0 spiro atoms. The highest BCUT2D eigenvalue weighted by Gasteiger charge is 2.02. The summed E-state index contributed by atoms with van der Waals surface area (Å²) in [6.07, 6.45) is 4.13. The lowest BCUT2D eigenvalue weighted by Gasteiger charge is -2.07. The molecule has 0 aliphatic rings. The van der Waals surface area contributed by atoms with E-state index in [1.807, 2.05) is 24.3 Å². The van der Waals surface area contributed by atoms with Gasteiger partial charge in [-0.2, -0.15) is 12.6 Å².